The minimum absolute atomic E-state index is 0.0535. The van der Waals surface area contributed by atoms with Gasteiger partial charge in [-0.15, -0.1) is 0 Å². The van der Waals surface area contributed by atoms with Crippen LogP contribution in [0.3, 0.4) is 0 Å². The van der Waals surface area contributed by atoms with Crippen LogP contribution >= 0.6 is 26.6 Å². The summed E-state index contributed by atoms with van der Waals surface area (Å²) < 4.78 is 23.5. The van der Waals surface area contributed by atoms with Gasteiger partial charge in [0.2, 0.25) is 0 Å². The molecule has 0 fully saturated rings. The van der Waals surface area contributed by atoms with Crippen LogP contribution in [0, 0.1) is 12.8 Å². The van der Waals surface area contributed by atoms with E-state index in [0.29, 0.717) is 22.5 Å². The predicted octanol–water partition coefficient (Wildman–Crippen LogP) is 3.46. The molecule has 20 heavy (non-hydrogen) atoms. The standard InChI is InChI=1S/C13H17BrClNO3S/c1-4-8(2)7-16-13(17)10-5-11(14)9(3)12(6-10)20(15,18)19/h5-6,8H,4,7H2,1-3H3,(H,16,17). The first-order valence-corrected chi connectivity index (χ1v) is 9.30. The summed E-state index contributed by atoms with van der Waals surface area (Å²) in [7, 11) is 1.50. The maximum absolute atomic E-state index is 12.0. The molecule has 1 atom stereocenters. The van der Waals surface area contributed by atoms with Gasteiger partial charge in [-0.2, -0.15) is 0 Å². The highest BCUT2D eigenvalue weighted by Crippen LogP contribution is 2.28. The normalized spacial score (nSPS) is 13.1. The monoisotopic (exact) mass is 381 g/mol. The van der Waals surface area contributed by atoms with Gasteiger partial charge in [0, 0.05) is 27.3 Å². The van der Waals surface area contributed by atoms with E-state index >= 15 is 0 Å². The Morgan fingerprint density at radius 3 is 2.55 bits per heavy atom. The number of hydrogen-bond donors (Lipinski definition) is 1. The molecule has 0 saturated carbocycles. The summed E-state index contributed by atoms with van der Waals surface area (Å²) in [4.78, 5) is 12.0. The molecule has 7 heteroatoms. The average molecular weight is 383 g/mol. The van der Waals surface area contributed by atoms with Gasteiger partial charge in [0.25, 0.3) is 15.0 Å². The molecular weight excluding hydrogens is 366 g/mol. The van der Waals surface area contributed by atoms with Crippen LogP contribution in [0.2, 0.25) is 0 Å². The van der Waals surface area contributed by atoms with Crippen molar-refractivity contribution < 1.29 is 13.2 Å². The van der Waals surface area contributed by atoms with Gasteiger partial charge in [-0.05, 0) is 30.5 Å². The van der Waals surface area contributed by atoms with Crippen molar-refractivity contribution >= 4 is 41.6 Å². The zero-order valence-corrected chi connectivity index (χ0v) is 14.7. The second-order valence-corrected chi connectivity index (χ2v) is 8.13. The van der Waals surface area contributed by atoms with Gasteiger partial charge in [0.1, 0.15) is 0 Å². The van der Waals surface area contributed by atoms with E-state index < -0.39 is 9.05 Å². The van der Waals surface area contributed by atoms with E-state index in [4.69, 9.17) is 10.7 Å². The number of hydrogen-bond acceptors (Lipinski definition) is 3. The van der Waals surface area contributed by atoms with Crippen molar-refractivity contribution in [3.63, 3.8) is 0 Å². The predicted molar refractivity (Wildman–Crippen MR) is 83.7 cm³/mol. The molecule has 0 aliphatic heterocycles. The summed E-state index contributed by atoms with van der Waals surface area (Å²) in [5.74, 6) is 0.0524. The highest BCUT2D eigenvalue weighted by atomic mass is 79.9. The summed E-state index contributed by atoms with van der Waals surface area (Å²) in [6.07, 6.45) is 0.958. The van der Waals surface area contributed by atoms with E-state index in [1.165, 1.54) is 6.07 Å². The zero-order chi connectivity index (χ0) is 15.5. The van der Waals surface area contributed by atoms with Gasteiger partial charge >= 0.3 is 0 Å². The van der Waals surface area contributed by atoms with Crippen LogP contribution in [0.1, 0.15) is 36.2 Å². The quantitative estimate of drug-likeness (QED) is 0.793. The molecule has 0 aromatic heterocycles. The number of carbonyl (C=O) groups excluding carboxylic acids is 1. The van der Waals surface area contributed by atoms with Gasteiger partial charge in [-0.3, -0.25) is 4.79 Å². The molecule has 1 unspecified atom stereocenters. The summed E-state index contributed by atoms with van der Waals surface area (Å²) in [6.45, 7) is 6.24. The third-order valence-corrected chi connectivity index (χ3v) is 5.40. The molecule has 0 bridgehead atoms. The Bertz CT molecular complexity index is 616. The van der Waals surface area contributed by atoms with Gasteiger partial charge in [-0.1, -0.05) is 36.2 Å². The van der Waals surface area contributed by atoms with E-state index in [1.54, 1.807) is 13.0 Å². The number of carbonyl (C=O) groups is 1. The smallest absolute Gasteiger partial charge is 0.261 e. The Balaban J connectivity index is 3.09. The van der Waals surface area contributed by atoms with Crippen molar-refractivity contribution in [1.29, 1.82) is 0 Å². The van der Waals surface area contributed by atoms with E-state index in [9.17, 15) is 13.2 Å². The Morgan fingerprint density at radius 1 is 1.45 bits per heavy atom. The zero-order valence-electron chi connectivity index (χ0n) is 11.5. The highest BCUT2D eigenvalue weighted by Gasteiger charge is 2.19. The molecule has 1 amide bonds. The first-order chi connectivity index (χ1) is 9.16. The summed E-state index contributed by atoms with van der Waals surface area (Å²) >= 11 is 3.25. The lowest BCUT2D eigenvalue weighted by molar-refractivity contribution is 0.0947. The van der Waals surface area contributed by atoms with E-state index in [0.717, 1.165) is 6.42 Å². The SMILES string of the molecule is CCC(C)CNC(=O)c1cc(Br)c(C)c(S(=O)(=O)Cl)c1. The van der Waals surface area contributed by atoms with Crippen molar-refractivity contribution in [2.75, 3.05) is 6.54 Å². The summed E-state index contributed by atoms with van der Waals surface area (Å²) in [6, 6.07) is 2.89. The lowest BCUT2D eigenvalue weighted by Gasteiger charge is -2.12. The third-order valence-electron chi connectivity index (χ3n) is 3.13. The highest BCUT2D eigenvalue weighted by molar-refractivity contribution is 9.10. The van der Waals surface area contributed by atoms with Crippen molar-refractivity contribution in [3.8, 4) is 0 Å². The molecule has 0 radical (unpaired) electrons. The Labute approximate surface area is 132 Å². The maximum atomic E-state index is 12.0. The summed E-state index contributed by atoms with van der Waals surface area (Å²) in [5, 5.41) is 2.78. The van der Waals surface area contributed by atoms with Gasteiger partial charge < -0.3 is 5.32 Å². The first kappa shape index (κ1) is 17.5. The van der Waals surface area contributed by atoms with Crippen LogP contribution in [0.15, 0.2) is 21.5 Å². The van der Waals surface area contributed by atoms with Crippen LogP contribution in [-0.4, -0.2) is 20.9 Å². The number of halogens is 2. The minimum Gasteiger partial charge on any atom is -0.352 e. The second kappa shape index (κ2) is 6.91. The minimum atomic E-state index is -3.89. The molecule has 0 heterocycles. The van der Waals surface area contributed by atoms with Crippen LogP contribution in [0.4, 0.5) is 0 Å². The molecule has 112 valence electrons. The molecule has 4 nitrogen and oxygen atoms in total. The van der Waals surface area contributed by atoms with Crippen molar-refractivity contribution in [2.45, 2.75) is 32.1 Å². The fourth-order valence-electron chi connectivity index (χ4n) is 1.55. The van der Waals surface area contributed by atoms with Crippen LogP contribution in [0.5, 0.6) is 0 Å². The van der Waals surface area contributed by atoms with Crippen LogP contribution in [0.25, 0.3) is 0 Å². The van der Waals surface area contributed by atoms with E-state index in [1.807, 2.05) is 13.8 Å². The number of benzene rings is 1. The third kappa shape index (κ3) is 4.46. The topological polar surface area (TPSA) is 63.2 Å². The lowest BCUT2D eigenvalue weighted by atomic mass is 10.1. The number of rotatable bonds is 5. The maximum Gasteiger partial charge on any atom is 0.261 e. The Morgan fingerprint density at radius 2 is 2.05 bits per heavy atom. The molecular formula is C13H17BrClNO3S. The van der Waals surface area contributed by atoms with E-state index in [2.05, 4.69) is 21.2 Å². The Kier molecular flexibility index (Phi) is 6.04. The van der Waals surface area contributed by atoms with E-state index in [-0.39, 0.29) is 16.4 Å². The fraction of sp³-hybridized carbons (Fsp3) is 0.462. The lowest BCUT2D eigenvalue weighted by Crippen LogP contribution is -2.28. The van der Waals surface area contributed by atoms with Gasteiger partial charge in [-0.25, -0.2) is 8.42 Å². The van der Waals surface area contributed by atoms with Crippen molar-refractivity contribution in [2.24, 2.45) is 5.92 Å². The number of nitrogens with one attached hydrogen (secondary N) is 1. The number of amides is 1. The largest absolute Gasteiger partial charge is 0.352 e. The van der Waals surface area contributed by atoms with Crippen molar-refractivity contribution in [3.05, 3.63) is 27.7 Å². The molecule has 0 aliphatic rings. The molecule has 1 aromatic rings. The van der Waals surface area contributed by atoms with Crippen LogP contribution in [-0.2, 0) is 9.05 Å². The molecule has 1 rings (SSSR count). The van der Waals surface area contributed by atoms with Crippen molar-refractivity contribution in [1.82, 2.24) is 5.32 Å². The molecule has 0 saturated heterocycles. The van der Waals surface area contributed by atoms with Crippen LogP contribution < -0.4 is 5.32 Å². The fourth-order valence-corrected chi connectivity index (χ4v) is 3.37. The average Bonchev–Trinajstić information content (AvgIpc) is 2.36. The second-order valence-electron chi connectivity index (χ2n) is 4.74. The molecule has 0 aliphatic carbocycles. The Hall–Kier alpha value is -0.590. The van der Waals surface area contributed by atoms with Gasteiger partial charge in [0.05, 0.1) is 4.90 Å². The molecule has 1 aromatic carbocycles. The summed E-state index contributed by atoms with van der Waals surface area (Å²) in [5.41, 5.74) is 0.753. The molecule has 0 spiro atoms. The first-order valence-electron chi connectivity index (χ1n) is 6.19. The molecule has 1 N–H and O–H groups in total. The van der Waals surface area contributed by atoms with Gasteiger partial charge in [0.15, 0.2) is 0 Å².